The fraction of sp³-hybridized carbons (Fsp3) is 0.429. The molecule has 1 aliphatic heterocycles. The molecule has 1 N–H and O–H groups in total. The highest BCUT2D eigenvalue weighted by atomic mass is 32.2. The van der Waals surface area contributed by atoms with Crippen LogP contribution in [0, 0.1) is 5.82 Å². The Bertz CT molecular complexity index is 1160. The van der Waals surface area contributed by atoms with E-state index in [0.29, 0.717) is 12.1 Å². The number of benzene rings is 2. The molecule has 33 heavy (non-hydrogen) atoms. The van der Waals surface area contributed by atoms with Crippen LogP contribution in [0.15, 0.2) is 47.4 Å². The van der Waals surface area contributed by atoms with Crippen molar-refractivity contribution in [1.82, 2.24) is 5.32 Å². The van der Waals surface area contributed by atoms with Crippen LogP contribution >= 0.6 is 0 Å². The number of hydrogen-bond acceptors (Lipinski definition) is 3. The predicted octanol–water partition coefficient (Wildman–Crippen LogP) is 5.09. The number of nitrogens with one attached hydrogen (secondary N) is 1. The standard InChI is InChI=1S/C21H17F8NO2S/c22-14-3-5-15(6-4-14)33(31,32)18-9-10-30-17(18)8-1-12-11-13(2-7-16(12)18)19(23,20(24,25)26)21(27,28)29/h2-7,11,17,30H,1,8-10H2/t17?,18-/m1/s1. The van der Waals surface area contributed by atoms with Gasteiger partial charge in [0, 0.05) is 11.6 Å². The maximum atomic E-state index is 14.6. The number of fused-ring (bicyclic) bond motifs is 3. The van der Waals surface area contributed by atoms with Gasteiger partial charge in [-0.3, -0.25) is 0 Å². The van der Waals surface area contributed by atoms with Crippen molar-refractivity contribution in [2.75, 3.05) is 6.54 Å². The van der Waals surface area contributed by atoms with Crippen LogP contribution in [0.25, 0.3) is 0 Å². The first-order valence-electron chi connectivity index (χ1n) is 9.86. The van der Waals surface area contributed by atoms with E-state index in [4.69, 9.17) is 0 Å². The van der Waals surface area contributed by atoms with E-state index in [1.54, 1.807) is 0 Å². The van der Waals surface area contributed by atoms with Gasteiger partial charge in [-0.15, -0.1) is 0 Å². The Balaban J connectivity index is 1.92. The van der Waals surface area contributed by atoms with Crippen molar-refractivity contribution in [2.24, 2.45) is 0 Å². The second kappa shape index (κ2) is 7.39. The molecule has 2 atom stereocenters. The summed E-state index contributed by atoms with van der Waals surface area (Å²) in [6.07, 6.45) is -12.5. The lowest BCUT2D eigenvalue weighted by Gasteiger charge is -2.41. The zero-order valence-corrected chi connectivity index (χ0v) is 17.5. The summed E-state index contributed by atoms with van der Waals surface area (Å²) >= 11 is 0. The van der Waals surface area contributed by atoms with Gasteiger partial charge in [-0.05, 0) is 61.2 Å². The molecule has 2 aromatic carbocycles. The molecule has 4 rings (SSSR count). The number of rotatable bonds is 3. The molecule has 3 nitrogen and oxygen atoms in total. The molecule has 0 aromatic heterocycles. The van der Waals surface area contributed by atoms with Crippen molar-refractivity contribution in [3.8, 4) is 0 Å². The van der Waals surface area contributed by atoms with E-state index in [0.717, 1.165) is 30.3 Å². The molecule has 0 spiro atoms. The Kier molecular flexibility index (Phi) is 5.36. The van der Waals surface area contributed by atoms with Crippen LogP contribution < -0.4 is 5.32 Å². The van der Waals surface area contributed by atoms with Crippen LogP contribution in [0.2, 0.25) is 0 Å². The Labute approximate surface area is 183 Å². The average molecular weight is 499 g/mol. The predicted molar refractivity (Wildman–Crippen MR) is 101 cm³/mol. The van der Waals surface area contributed by atoms with E-state index >= 15 is 0 Å². The number of alkyl halides is 7. The van der Waals surface area contributed by atoms with Crippen LogP contribution in [-0.2, 0) is 26.7 Å². The molecular weight excluding hydrogens is 482 g/mol. The van der Waals surface area contributed by atoms with Gasteiger partial charge >= 0.3 is 18.0 Å². The second-order valence-corrected chi connectivity index (χ2v) is 10.4. The van der Waals surface area contributed by atoms with E-state index in [1.165, 1.54) is 0 Å². The molecule has 1 heterocycles. The third kappa shape index (κ3) is 3.28. The van der Waals surface area contributed by atoms with Gasteiger partial charge in [-0.2, -0.15) is 26.3 Å². The zero-order chi connectivity index (χ0) is 24.4. The monoisotopic (exact) mass is 499 g/mol. The lowest BCUT2D eigenvalue weighted by Crippen LogP contribution is -2.51. The van der Waals surface area contributed by atoms with Gasteiger partial charge in [0.1, 0.15) is 10.6 Å². The van der Waals surface area contributed by atoms with E-state index in [9.17, 15) is 43.5 Å². The Morgan fingerprint density at radius 1 is 0.909 bits per heavy atom. The Hall–Kier alpha value is -2.21. The van der Waals surface area contributed by atoms with Crippen LogP contribution in [0.3, 0.4) is 0 Å². The fourth-order valence-electron chi connectivity index (χ4n) is 4.93. The number of hydrogen-bond donors (Lipinski definition) is 1. The summed E-state index contributed by atoms with van der Waals surface area (Å²) in [5, 5.41) is 3.03. The number of halogens is 8. The fourth-order valence-corrected chi connectivity index (χ4v) is 7.28. The van der Waals surface area contributed by atoms with Crippen molar-refractivity contribution in [3.63, 3.8) is 0 Å². The van der Waals surface area contributed by atoms with Crippen molar-refractivity contribution in [1.29, 1.82) is 0 Å². The molecule has 1 aliphatic carbocycles. The molecule has 12 heteroatoms. The Morgan fingerprint density at radius 2 is 1.52 bits per heavy atom. The summed E-state index contributed by atoms with van der Waals surface area (Å²) in [6, 6.07) is 4.97. The topological polar surface area (TPSA) is 46.2 Å². The highest BCUT2D eigenvalue weighted by molar-refractivity contribution is 7.92. The summed E-state index contributed by atoms with van der Waals surface area (Å²) < 4.78 is 133. The normalized spacial score (nSPS) is 23.8. The first kappa shape index (κ1) is 23.9. The zero-order valence-electron chi connectivity index (χ0n) is 16.7. The molecule has 180 valence electrons. The molecule has 0 bridgehead atoms. The quantitative estimate of drug-likeness (QED) is 0.473. The SMILES string of the molecule is O=S(=O)(c1ccc(F)cc1)[C@@]12CCNC1CCc1cc(C(F)(C(F)(F)F)C(F)(F)F)ccc12. The Morgan fingerprint density at radius 3 is 2.09 bits per heavy atom. The van der Waals surface area contributed by atoms with Gasteiger partial charge < -0.3 is 5.32 Å². The maximum absolute atomic E-state index is 14.6. The highest BCUT2D eigenvalue weighted by Gasteiger charge is 2.73. The van der Waals surface area contributed by atoms with E-state index in [1.807, 2.05) is 0 Å². The lowest BCUT2D eigenvalue weighted by molar-refractivity contribution is -0.348. The molecule has 2 aromatic rings. The summed E-state index contributed by atoms with van der Waals surface area (Å²) in [5.74, 6) is -0.681. The van der Waals surface area contributed by atoms with Gasteiger partial charge in [-0.25, -0.2) is 17.2 Å². The van der Waals surface area contributed by atoms with Gasteiger partial charge in [0.2, 0.25) is 0 Å². The lowest BCUT2D eigenvalue weighted by atomic mass is 9.77. The molecule has 2 aliphatic rings. The van der Waals surface area contributed by atoms with Crippen LogP contribution in [0.1, 0.15) is 29.5 Å². The minimum Gasteiger partial charge on any atom is -0.312 e. The second-order valence-electron chi connectivity index (χ2n) is 8.17. The molecular formula is C21H17F8NO2S. The van der Waals surface area contributed by atoms with E-state index in [-0.39, 0.29) is 41.8 Å². The summed E-state index contributed by atoms with van der Waals surface area (Å²) in [4.78, 5) is -0.236. The molecule has 0 saturated carbocycles. The third-order valence-corrected chi connectivity index (χ3v) is 9.06. The van der Waals surface area contributed by atoms with Crippen molar-refractivity contribution in [2.45, 2.75) is 53.0 Å². The van der Waals surface area contributed by atoms with E-state index < -0.39 is 50.0 Å². The minimum atomic E-state index is -6.27. The third-order valence-electron chi connectivity index (χ3n) is 6.50. The smallest absolute Gasteiger partial charge is 0.312 e. The number of sulfone groups is 1. The van der Waals surface area contributed by atoms with Gasteiger partial charge in [0.05, 0.1) is 4.90 Å². The van der Waals surface area contributed by atoms with Crippen LogP contribution in [-0.4, -0.2) is 33.4 Å². The first-order chi connectivity index (χ1) is 15.2. The van der Waals surface area contributed by atoms with Gasteiger partial charge in [0.25, 0.3) is 0 Å². The summed E-state index contributed by atoms with van der Waals surface area (Å²) in [5.41, 5.74) is -7.35. The van der Waals surface area contributed by atoms with Gasteiger partial charge in [0.15, 0.2) is 9.84 Å². The highest BCUT2D eigenvalue weighted by Crippen LogP contribution is 2.55. The summed E-state index contributed by atoms with van der Waals surface area (Å²) in [7, 11) is -4.26. The first-order valence-corrected chi connectivity index (χ1v) is 11.3. The average Bonchev–Trinajstić information content (AvgIpc) is 3.17. The van der Waals surface area contributed by atoms with Crippen molar-refractivity contribution < 1.29 is 43.5 Å². The van der Waals surface area contributed by atoms with Gasteiger partial charge in [-0.1, -0.05) is 18.2 Å². The molecule has 1 saturated heterocycles. The molecule has 1 fully saturated rings. The number of aryl methyl sites for hydroxylation is 1. The van der Waals surface area contributed by atoms with Crippen LogP contribution in [0.5, 0.6) is 0 Å². The van der Waals surface area contributed by atoms with Crippen LogP contribution in [0.4, 0.5) is 35.1 Å². The van der Waals surface area contributed by atoms with E-state index in [2.05, 4.69) is 5.32 Å². The molecule has 0 amide bonds. The molecule has 0 radical (unpaired) electrons. The summed E-state index contributed by atoms with van der Waals surface area (Å²) in [6.45, 7) is 0.227. The largest absolute Gasteiger partial charge is 0.435 e. The van der Waals surface area contributed by atoms with Crippen molar-refractivity contribution >= 4 is 9.84 Å². The maximum Gasteiger partial charge on any atom is 0.435 e. The molecule has 1 unspecified atom stereocenters. The minimum absolute atomic E-state index is 0.0109. The van der Waals surface area contributed by atoms with Crippen molar-refractivity contribution in [3.05, 3.63) is 65.0 Å².